The Morgan fingerprint density at radius 1 is 1.25 bits per heavy atom. The molecule has 0 spiro atoms. The number of carboxylic acids is 1. The van der Waals surface area contributed by atoms with Gasteiger partial charge in [-0.2, -0.15) is 4.98 Å². The molecule has 2 aromatic rings. The molecule has 2 N–H and O–H groups in total. The van der Waals surface area contributed by atoms with Gasteiger partial charge in [0.1, 0.15) is 0 Å². The maximum absolute atomic E-state index is 10.8. The van der Waals surface area contributed by atoms with E-state index >= 15 is 0 Å². The lowest BCUT2D eigenvalue weighted by atomic mass is 10.2. The van der Waals surface area contributed by atoms with E-state index < -0.39 is 5.97 Å². The molecule has 0 unspecified atom stereocenters. The summed E-state index contributed by atoms with van der Waals surface area (Å²) < 4.78 is 5.45. The number of ether oxygens (including phenoxy) is 1. The Hall–Kier alpha value is -2.63. The summed E-state index contributed by atoms with van der Waals surface area (Å²) in [5, 5.41) is 11.9. The van der Waals surface area contributed by atoms with Crippen molar-refractivity contribution in [3.63, 3.8) is 0 Å². The first-order chi connectivity index (χ1) is 9.54. The second kappa shape index (κ2) is 6.01. The fraction of sp³-hybridized carbons (Fsp3) is 0.214. The summed E-state index contributed by atoms with van der Waals surface area (Å²) in [5.41, 5.74) is 0.963. The first-order valence-corrected chi connectivity index (χ1v) is 6.13. The molecule has 0 atom stereocenters. The van der Waals surface area contributed by atoms with Gasteiger partial charge in [-0.3, -0.25) is 4.98 Å². The summed E-state index contributed by atoms with van der Waals surface area (Å²) >= 11 is 0. The number of hydrogen-bond donors (Lipinski definition) is 2. The van der Waals surface area contributed by atoms with E-state index in [2.05, 4.69) is 15.3 Å². The molecule has 0 saturated heterocycles. The minimum atomic E-state index is -0.955. The summed E-state index contributed by atoms with van der Waals surface area (Å²) in [6, 6.07) is 6.38. The highest BCUT2D eigenvalue weighted by Crippen LogP contribution is 2.17. The average molecular weight is 273 g/mol. The Labute approximate surface area is 116 Å². The van der Waals surface area contributed by atoms with Crippen LogP contribution in [0.4, 0.5) is 11.5 Å². The summed E-state index contributed by atoms with van der Waals surface area (Å²) in [5.74, 6) is 0.0158. The number of aromatic nitrogens is 2. The van der Waals surface area contributed by atoms with Crippen LogP contribution in [0.5, 0.6) is 5.88 Å². The molecule has 0 bridgehead atoms. The van der Waals surface area contributed by atoms with Crippen LogP contribution in [0.1, 0.15) is 24.2 Å². The molecular weight excluding hydrogens is 258 g/mol. The number of carbonyl (C=O) groups is 1. The van der Waals surface area contributed by atoms with Crippen molar-refractivity contribution in [2.45, 2.75) is 20.0 Å². The topological polar surface area (TPSA) is 84.3 Å². The van der Waals surface area contributed by atoms with Gasteiger partial charge in [0.05, 0.1) is 24.1 Å². The highest BCUT2D eigenvalue weighted by Gasteiger charge is 2.04. The molecule has 0 aliphatic heterocycles. The van der Waals surface area contributed by atoms with Crippen molar-refractivity contribution in [3.8, 4) is 5.88 Å². The third-order valence-corrected chi connectivity index (χ3v) is 2.37. The van der Waals surface area contributed by atoms with Crippen LogP contribution >= 0.6 is 0 Å². The van der Waals surface area contributed by atoms with Gasteiger partial charge in [0.2, 0.25) is 5.88 Å². The van der Waals surface area contributed by atoms with Crippen molar-refractivity contribution in [1.29, 1.82) is 0 Å². The average Bonchev–Trinajstić information content (AvgIpc) is 2.39. The van der Waals surface area contributed by atoms with Gasteiger partial charge in [-0.05, 0) is 38.1 Å². The highest BCUT2D eigenvalue weighted by molar-refractivity contribution is 5.88. The van der Waals surface area contributed by atoms with Gasteiger partial charge < -0.3 is 15.2 Å². The van der Waals surface area contributed by atoms with Crippen LogP contribution in [0.15, 0.2) is 36.7 Å². The number of aromatic carboxylic acids is 1. The molecular formula is C14H15N3O3. The predicted molar refractivity (Wildman–Crippen MR) is 74.5 cm³/mol. The van der Waals surface area contributed by atoms with Gasteiger partial charge in [0.25, 0.3) is 0 Å². The molecule has 2 rings (SSSR count). The molecule has 1 aromatic carbocycles. The van der Waals surface area contributed by atoms with E-state index in [9.17, 15) is 4.79 Å². The van der Waals surface area contributed by atoms with Crippen molar-refractivity contribution < 1.29 is 14.6 Å². The molecule has 6 heteroatoms. The van der Waals surface area contributed by atoms with Crippen LogP contribution in [-0.2, 0) is 0 Å². The molecule has 20 heavy (non-hydrogen) atoms. The van der Waals surface area contributed by atoms with Crippen LogP contribution in [0, 0.1) is 0 Å². The van der Waals surface area contributed by atoms with Gasteiger partial charge in [-0.1, -0.05) is 0 Å². The van der Waals surface area contributed by atoms with Crippen LogP contribution in [0.25, 0.3) is 0 Å². The monoisotopic (exact) mass is 273 g/mol. The zero-order valence-corrected chi connectivity index (χ0v) is 11.2. The fourth-order valence-electron chi connectivity index (χ4n) is 1.55. The SMILES string of the molecule is CC(C)Oc1cncc(Nc2ccc(C(=O)O)cc2)n1. The lowest BCUT2D eigenvalue weighted by Gasteiger charge is -2.10. The minimum Gasteiger partial charge on any atom is -0.478 e. The third-order valence-electron chi connectivity index (χ3n) is 2.37. The first kappa shape index (κ1) is 13.8. The summed E-state index contributed by atoms with van der Waals surface area (Å²) in [6.45, 7) is 3.82. The lowest BCUT2D eigenvalue weighted by Crippen LogP contribution is -2.08. The minimum absolute atomic E-state index is 0.0226. The number of nitrogens with zero attached hydrogens (tertiary/aromatic N) is 2. The van der Waals surface area contributed by atoms with E-state index in [0.29, 0.717) is 11.7 Å². The zero-order chi connectivity index (χ0) is 14.5. The van der Waals surface area contributed by atoms with Crippen LogP contribution < -0.4 is 10.1 Å². The molecule has 0 radical (unpaired) electrons. The van der Waals surface area contributed by atoms with Gasteiger partial charge in [-0.15, -0.1) is 0 Å². The van der Waals surface area contributed by atoms with E-state index in [1.807, 2.05) is 13.8 Å². The van der Waals surface area contributed by atoms with Gasteiger partial charge in [-0.25, -0.2) is 4.79 Å². The second-order valence-electron chi connectivity index (χ2n) is 4.42. The standard InChI is InChI=1S/C14H15N3O3/c1-9(2)20-13-8-15-7-12(17-13)16-11-5-3-10(4-6-11)14(18)19/h3-9H,1-2H3,(H,16,17)(H,18,19). The largest absolute Gasteiger partial charge is 0.478 e. The predicted octanol–water partition coefficient (Wildman–Crippen LogP) is 2.71. The van der Waals surface area contributed by atoms with E-state index in [1.54, 1.807) is 24.5 Å². The number of benzene rings is 1. The third kappa shape index (κ3) is 3.68. The van der Waals surface area contributed by atoms with E-state index in [-0.39, 0.29) is 11.7 Å². The number of rotatable bonds is 5. The lowest BCUT2D eigenvalue weighted by molar-refractivity contribution is 0.0697. The molecule has 6 nitrogen and oxygen atoms in total. The molecule has 1 heterocycles. The smallest absolute Gasteiger partial charge is 0.335 e. The maximum Gasteiger partial charge on any atom is 0.335 e. The normalized spacial score (nSPS) is 10.3. The number of hydrogen-bond acceptors (Lipinski definition) is 5. The number of anilines is 2. The van der Waals surface area contributed by atoms with Crippen molar-refractivity contribution in [2.24, 2.45) is 0 Å². The molecule has 0 saturated carbocycles. The van der Waals surface area contributed by atoms with Crippen LogP contribution in [0.3, 0.4) is 0 Å². The summed E-state index contributed by atoms with van der Waals surface area (Å²) in [6.07, 6.45) is 3.13. The Bertz CT molecular complexity index is 597. The zero-order valence-electron chi connectivity index (χ0n) is 11.2. The maximum atomic E-state index is 10.8. The van der Waals surface area contributed by atoms with Crippen molar-refractivity contribution >= 4 is 17.5 Å². The second-order valence-corrected chi connectivity index (χ2v) is 4.42. The van der Waals surface area contributed by atoms with Crippen molar-refractivity contribution in [3.05, 3.63) is 42.2 Å². The molecule has 0 fully saturated rings. The Balaban J connectivity index is 2.11. The molecule has 0 aliphatic rings. The number of carboxylic acid groups (broad SMARTS) is 1. The van der Waals surface area contributed by atoms with Gasteiger partial charge >= 0.3 is 5.97 Å². The fourth-order valence-corrected chi connectivity index (χ4v) is 1.55. The first-order valence-electron chi connectivity index (χ1n) is 6.13. The summed E-state index contributed by atoms with van der Waals surface area (Å²) in [7, 11) is 0. The molecule has 0 amide bonds. The van der Waals surface area contributed by atoms with Crippen LogP contribution in [-0.4, -0.2) is 27.1 Å². The van der Waals surface area contributed by atoms with E-state index in [1.165, 1.54) is 12.1 Å². The van der Waals surface area contributed by atoms with E-state index in [4.69, 9.17) is 9.84 Å². The number of nitrogens with one attached hydrogen (secondary N) is 1. The van der Waals surface area contributed by atoms with Crippen LogP contribution in [0.2, 0.25) is 0 Å². The van der Waals surface area contributed by atoms with Crippen molar-refractivity contribution in [1.82, 2.24) is 9.97 Å². The Morgan fingerprint density at radius 2 is 1.95 bits per heavy atom. The molecule has 1 aromatic heterocycles. The molecule has 104 valence electrons. The highest BCUT2D eigenvalue weighted by atomic mass is 16.5. The quantitative estimate of drug-likeness (QED) is 0.871. The van der Waals surface area contributed by atoms with E-state index in [0.717, 1.165) is 5.69 Å². The Kier molecular flexibility index (Phi) is 4.14. The summed E-state index contributed by atoms with van der Waals surface area (Å²) in [4.78, 5) is 19.0. The van der Waals surface area contributed by atoms with Crippen molar-refractivity contribution in [2.75, 3.05) is 5.32 Å². The van der Waals surface area contributed by atoms with Gasteiger partial charge in [0.15, 0.2) is 5.82 Å². The van der Waals surface area contributed by atoms with Gasteiger partial charge in [0, 0.05) is 5.69 Å². The molecule has 0 aliphatic carbocycles. The Morgan fingerprint density at radius 3 is 2.55 bits per heavy atom.